The summed E-state index contributed by atoms with van der Waals surface area (Å²) in [7, 11) is 0. The van der Waals surface area contributed by atoms with Gasteiger partial charge in [0.1, 0.15) is 5.75 Å². The number of carbonyl (C=O) groups is 1. The minimum absolute atomic E-state index is 0.0578. The van der Waals surface area contributed by atoms with Crippen molar-refractivity contribution >= 4 is 22.4 Å². The molecule has 1 amide bonds. The van der Waals surface area contributed by atoms with Crippen molar-refractivity contribution in [1.82, 2.24) is 9.97 Å². The molecule has 3 aromatic rings. The third-order valence-electron chi connectivity index (χ3n) is 3.83. The van der Waals surface area contributed by atoms with Crippen LogP contribution < -0.4 is 10.1 Å². The first kappa shape index (κ1) is 18.1. The van der Waals surface area contributed by atoms with Gasteiger partial charge in [0.25, 0.3) is 0 Å². The highest BCUT2D eigenvalue weighted by molar-refractivity contribution is 7.19. The molecule has 1 N–H and O–H groups in total. The predicted octanol–water partition coefficient (Wildman–Crippen LogP) is 4.48. The second-order valence-electron chi connectivity index (χ2n) is 5.74. The van der Waals surface area contributed by atoms with E-state index < -0.39 is 0 Å². The molecule has 134 valence electrons. The number of para-hydroxylation sites is 1. The Morgan fingerprint density at radius 3 is 2.77 bits per heavy atom. The van der Waals surface area contributed by atoms with Gasteiger partial charge in [0, 0.05) is 12.6 Å². The second kappa shape index (κ2) is 8.58. The first-order chi connectivity index (χ1) is 12.7. The van der Waals surface area contributed by atoms with Gasteiger partial charge in [-0.05, 0) is 44.0 Å². The van der Waals surface area contributed by atoms with E-state index in [0.717, 1.165) is 27.6 Å². The third kappa shape index (κ3) is 4.46. The fourth-order valence-corrected chi connectivity index (χ4v) is 3.58. The summed E-state index contributed by atoms with van der Waals surface area (Å²) in [6.45, 7) is 4.49. The largest absolute Gasteiger partial charge is 0.494 e. The number of hydrogen-bond acceptors (Lipinski definition) is 5. The number of benzene rings is 1. The lowest BCUT2D eigenvalue weighted by Crippen LogP contribution is -2.12. The maximum atomic E-state index is 12.3. The maximum absolute atomic E-state index is 12.3. The van der Waals surface area contributed by atoms with Crippen LogP contribution in [0.15, 0.2) is 48.7 Å². The lowest BCUT2D eigenvalue weighted by Gasteiger charge is -2.09. The Bertz CT molecular complexity index is 878. The summed E-state index contributed by atoms with van der Waals surface area (Å²) < 4.78 is 5.61. The van der Waals surface area contributed by atoms with Crippen molar-refractivity contribution in [3.05, 3.63) is 59.9 Å². The van der Waals surface area contributed by atoms with E-state index in [1.165, 1.54) is 11.3 Å². The SMILES string of the molecule is CCOc1ccccc1CCC(=O)Nc1nc(C)c(-c2ccccn2)s1. The number of rotatable bonds is 7. The minimum Gasteiger partial charge on any atom is -0.494 e. The van der Waals surface area contributed by atoms with Gasteiger partial charge in [-0.2, -0.15) is 0 Å². The number of aryl methyl sites for hydroxylation is 2. The molecule has 0 atom stereocenters. The second-order valence-corrected chi connectivity index (χ2v) is 6.74. The molecule has 0 spiro atoms. The Morgan fingerprint density at radius 2 is 2.00 bits per heavy atom. The quantitative estimate of drug-likeness (QED) is 0.668. The first-order valence-corrected chi connectivity index (χ1v) is 9.38. The van der Waals surface area contributed by atoms with Gasteiger partial charge in [-0.1, -0.05) is 35.6 Å². The lowest BCUT2D eigenvalue weighted by molar-refractivity contribution is -0.116. The molecular weight excluding hydrogens is 346 g/mol. The van der Waals surface area contributed by atoms with E-state index >= 15 is 0 Å². The summed E-state index contributed by atoms with van der Waals surface area (Å²) in [5.41, 5.74) is 2.77. The molecule has 0 bridgehead atoms. The van der Waals surface area contributed by atoms with Crippen LogP contribution in [0.3, 0.4) is 0 Å². The molecule has 3 rings (SSSR count). The normalized spacial score (nSPS) is 10.5. The van der Waals surface area contributed by atoms with Gasteiger partial charge in [-0.3, -0.25) is 9.78 Å². The molecule has 0 aliphatic heterocycles. The van der Waals surface area contributed by atoms with Gasteiger partial charge in [-0.15, -0.1) is 0 Å². The number of hydrogen-bond donors (Lipinski definition) is 1. The van der Waals surface area contributed by atoms with E-state index in [4.69, 9.17) is 4.74 Å². The van der Waals surface area contributed by atoms with Gasteiger partial charge in [-0.25, -0.2) is 4.98 Å². The van der Waals surface area contributed by atoms with Crippen LogP contribution in [0.1, 0.15) is 24.6 Å². The van der Waals surface area contributed by atoms with Crippen LogP contribution in [-0.4, -0.2) is 22.5 Å². The molecule has 0 saturated heterocycles. The number of nitrogens with one attached hydrogen (secondary N) is 1. The molecule has 26 heavy (non-hydrogen) atoms. The fraction of sp³-hybridized carbons (Fsp3) is 0.250. The average Bonchev–Trinajstić information content (AvgIpc) is 3.02. The van der Waals surface area contributed by atoms with E-state index in [-0.39, 0.29) is 5.91 Å². The number of thiazole rings is 1. The van der Waals surface area contributed by atoms with Crippen molar-refractivity contribution < 1.29 is 9.53 Å². The molecule has 2 heterocycles. The lowest BCUT2D eigenvalue weighted by atomic mass is 10.1. The molecule has 0 unspecified atom stereocenters. The zero-order chi connectivity index (χ0) is 18.4. The zero-order valence-corrected chi connectivity index (χ0v) is 15.7. The summed E-state index contributed by atoms with van der Waals surface area (Å²) in [4.78, 5) is 22.1. The van der Waals surface area contributed by atoms with Gasteiger partial charge in [0.05, 0.1) is 22.9 Å². The number of nitrogens with zero attached hydrogens (tertiary/aromatic N) is 2. The van der Waals surface area contributed by atoms with E-state index in [1.54, 1.807) is 6.20 Å². The molecule has 0 aliphatic carbocycles. The monoisotopic (exact) mass is 367 g/mol. The highest BCUT2D eigenvalue weighted by Gasteiger charge is 2.13. The van der Waals surface area contributed by atoms with Crippen molar-refractivity contribution in [2.75, 3.05) is 11.9 Å². The maximum Gasteiger partial charge on any atom is 0.226 e. The Morgan fingerprint density at radius 1 is 1.19 bits per heavy atom. The topological polar surface area (TPSA) is 64.1 Å². The molecule has 2 aromatic heterocycles. The van der Waals surface area contributed by atoms with Crippen LogP contribution in [0.5, 0.6) is 5.75 Å². The number of pyridine rings is 1. The Balaban J connectivity index is 1.63. The van der Waals surface area contributed by atoms with Gasteiger partial charge < -0.3 is 10.1 Å². The van der Waals surface area contributed by atoms with E-state index in [9.17, 15) is 4.79 Å². The van der Waals surface area contributed by atoms with Gasteiger partial charge in [0.2, 0.25) is 5.91 Å². The third-order valence-corrected chi connectivity index (χ3v) is 4.93. The summed E-state index contributed by atoms with van der Waals surface area (Å²) >= 11 is 1.44. The van der Waals surface area contributed by atoms with E-state index in [2.05, 4.69) is 15.3 Å². The summed E-state index contributed by atoms with van der Waals surface area (Å²) in [5.74, 6) is 0.781. The van der Waals surface area contributed by atoms with Crippen molar-refractivity contribution in [1.29, 1.82) is 0 Å². The molecule has 5 nitrogen and oxygen atoms in total. The Hall–Kier alpha value is -2.73. The highest BCUT2D eigenvalue weighted by atomic mass is 32.1. The van der Waals surface area contributed by atoms with Crippen LogP contribution in [0.25, 0.3) is 10.6 Å². The smallest absolute Gasteiger partial charge is 0.226 e. The van der Waals surface area contributed by atoms with Crippen LogP contribution in [-0.2, 0) is 11.2 Å². The highest BCUT2D eigenvalue weighted by Crippen LogP contribution is 2.31. The number of amides is 1. The zero-order valence-electron chi connectivity index (χ0n) is 14.9. The number of aromatic nitrogens is 2. The standard InChI is InChI=1S/C20H21N3O2S/c1-3-25-17-10-5-4-8-15(17)11-12-18(24)23-20-22-14(2)19(26-20)16-9-6-7-13-21-16/h4-10,13H,3,11-12H2,1-2H3,(H,22,23,24). The number of carbonyl (C=O) groups excluding carboxylic acids is 1. The summed E-state index contributed by atoms with van der Waals surface area (Å²) in [5, 5.41) is 3.50. The molecular formula is C20H21N3O2S. The van der Waals surface area contributed by atoms with Crippen molar-refractivity contribution in [3.63, 3.8) is 0 Å². The molecule has 0 fully saturated rings. The van der Waals surface area contributed by atoms with Gasteiger partial charge in [0.15, 0.2) is 5.13 Å². The van der Waals surface area contributed by atoms with Crippen LogP contribution in [0, 0.1) is 6.92 Å². The van der Waals surface area contributed by atoms with Crippen LogP contribution >= 0.6 is 11.3 Å². The molecule has 0 radical (unpaired) electrons. The van der Waals surface area contributed by atoms with Crippen LogP contribution in [0.4, 0.5) is 5.13 Å². The number of anilines is 1. The van der Waals surface area contributed by atoms with Crippen LogP contribution in [0.2, 0.25) is 0 Å². The average molecular weight is 367 g/mol. The molecule has 0 saturated carbocycles. The summed E-state index contributed by atoms with van der Waals surface area (Å²) in [6.07, 6.45) is 2.75. The van der Waals surface area contributed by atoms with Crippen molar-refractivity contribution in [2.45, 2.75) is 26.7 Å². The predicted molar refractivity (Wildman–Crippen MR) is 105 cm³/mol. The number of ether oxygens (including phenoxy) is 1. The Labute approximate surface area is 157 Å². The Kier molecular flexibility index (Phi) is 5.96. The molecule has 1 aromatic carbocycles. The minimum atomic E-state index is -0.0578. The molecule has 6 heteroatoms. The van der Waals surface area contributed by atoms with Crippen molar-refractivity contribution in [3.8, 4) is 16.3 Å². The van der Waals surface area contributed by atoms with E-state index in [0.29, 0.717) is 24.6 Å². The molecule has 0 aliphatic rings. The van der Waals surface area contributed by atoms with E-state index in [1.807, 2.05) is 56.3 Å². The fourth-order valence-electron chi connectivity index (χ4n) is 2.62. The van der Waals surface area contributed by atoms with Gasteiger partial charge >= 0.3 is 0 Å². The summed E-state index contributed by atoms with van der Waals surface area (Å²) in [6, 6.07) is 13.6. The van der Waals surface area contributed by atoms with Crippen molar-refractivity contribution in [2.24, 2.45) is 0 Å². The first-order valence-electron chi connectivity index (χ1n) is 8.56.